The zero-order chi connectivity index (χ0) is 30.4. The van der Waals surface area contributed by atoms with Crippen LogP contribution in [0.4, 0.5) is 8.78 Å². The van der Waals surface area contributed by atoms with Crippen LogP contribution in [-0.4, -0.2) is 35.8 Å². The van der Waals surface area contributed by atoms with Crippen LogP contribution < -0.4 is 11.0 Å². The van der Waals surface area contributed by atoms with E-state index in [1.807, 2.05) is 6.07 Å². The van der Waals surface area contributed by atoms with Crippen molar-refractivity contribution in [2.24, 2.45) is 0 Å². The molecule has 1 aliphatic rings. The van der Waals surface area contributed by atoms with Gasteiger partial charge < -0.3 is 9.74 Å². The third-order valence-electron chi connectivity index (χ3n) is 7.56. The molecule has 0 aliphatic carbocycles. The van der Waals surface area contributed by atoms with Gasteiger partial charge in [0.2, 0.25) is 0 Å². The summed E-state index contributed by atoms with van der Waals surface area (Å²) < 4.78 is 27.0. The maximum absolute atomic E-state index is 13.7. The van der Waals surface area contributed by atoms with Crippen molar-refractivity contribution in [1.82, 2.24) is 15.9 Å². The van der Waals surface area contributed by atoms with Crippen LogP contribution in [0, 0.1) is 23.0 Å². The van der Waals surface area contributed by atoms with Gasteiger partial charge in [-0.2, -0.15) is 5.26 Å². The minimum atomic E-state index is -1.21. The molecule has 1 aliphatic heterocycles. The maximum Gasteiger partial charge on any atom is 0.337 e. The molecular weight excluding hydrogens is 554 g/mol. The molecule has 5 rings (SSSR count). The van der Waals surface area contributed by atoms with Gasteiger partial charge >= 0.3 is 5.97 Å². The topological polar surface area (TPSA) is 112 Å². The fourth-order valence-electron chi connectivity index (χ4n) is 5.12. The van der Waals surface area contributed by atoms with E-state index in [9.17, 15) is 23.2 Å². The molecule has 0 bridgehead atoms. The highest BCUT2D eigenvalue weighted by Crippen LogP contribution is 2.37. The molecule has 0 radical (unpaired) electrons. The van der Waals surface area contributed by atoms with Gasteiger partial charge in [0.25, 0.3) is 11.8 Å². The molecule has 0 spiro atoms. The average Bonchev–Trinajstić information content (AvgIpc) is 3.05. The Morgan fingerprint density at radius 2 is 1.37 bits per heavy atom. The smallest absolute Gasteiger partial charge is 0.337 e. The quantitative estimate of drug-likeness (QED) is 0.295. The maximum atomic E-state index is 13.7. The molecule has 43 heavy (non-hydrogen) atoms. The largest absolute Gasteiger partial charge is 0.350 e. The lowest BCUT2D eigenvalue weighted by molar-refractivity contribution is -0.162. The highest BCUT2D eigenvalue weighted by atomic mass is 19.1. The molecule has 10 heteroatoms. The summed E-state index contributed by atoms with van der Waals surface area (Å²) in [4.78, 5) is 46.1. The predicted octanol–water partition coefficient (Wildman–Crippen LogP) is 5.07. The van der Waals surface area contributed by atoms with E-state index in [2.05, 4.69) is 11.0 Å². The normalized spacial score (nSPS) is 13.9. The second-order valence-corrected chi connectivity index (χ2v) is 10.1. The number of hydrogen-bond acceptors (Lipinski definition) is 6. The van der Waals surface area contributed by atoms with Gasteiger partial charge in [-0.05, 0) is 84.1 Å². The third kappa shape index (κ3) is 6.42. The number of benzene rings is 4. The third-order valence-corrected chi connectivity index (χ3v) is 7.56. The Kier molecular flexibility index (Phi) is 8.55. The Labute approximate surface area is 246 Å². The lowest BCUT2D eigenvalue weighted by Crippen LogP contribution is -2.52. The van der Waals surface area contributed by atoms with Crippen molar-refractivity contribution < 1.29 is 28.0 Å². The second-order valence-electron chi connectivity index (χ2n) is 10.1. The van der Waals surface area contributed by atoms with E-state index < -0.39 is 23.1 Å². The Hall–Kier alpha value is -5.40. The second kappa shape index (κ2) is 12.6. The molecule has 2 N–H and O–H groups in total. The first-order chi connectivity index (χ1) is 20.8. The predicted molar refractivity (Wildman–Crippen MR) is 153 cm³/mol. The van der Waals surface area contributed by atoms with Crippen LogP contribution in [0.5, 0.6) is 0 Å². The van der Waals surface area contributed by atoms with Crippen LogP contribution in [0.25, 0.3) is 11.1 Å². The van der Waals surface area contributed by atoms with Crippen molar-refractivity contribution in [3.8, 4) is 17.2 Å². The number of hydrazine groups is 1. The molecule has 1 saturated heterocycles. The number of hydrogen-bond donors (Lipinski definition) is 2. The van der Waals surface area contributed by atoms with E-state index in [1.54, 1.807) is 53.4 Å². The first-order valence-electron chi connectivity index (χ1n) is 13.5. The number of nitrogens with zero attached hydrogens (tertiary/aromatic N) is 2. The summed E-state index contributed by atoms with van der Waals surface area (Å²) >= 11 is 0. The fraction of sp³-hybridized carbons (Fsp3) is 0.152. The number of piperidine rings is 1. The molecule has 8 nitrogen and oxygen atoms in total. The Morgan fingerprint density at radius 1 is 0.791 bits per heavy atom. The average molecular weight is 581 g/mol. The zero-order valence-electron chi connectivity index (χ0n) is 22.8. The van der Waals surface area contributed by atoms with Gasteiger partial charge in [-0.3, -0.25) is 15.0 Å². The van der Waals surface area contributed by atoms with Gasteiger partial charge in [0, 0.05) is 24.2 Å². The number of nitrogens with one attached hydrogen (secondary N) is 2. The Balaban J connectivity index is 1.26. The number of carbonyl (C=O) groups is 3. The van der Waals surface area contributed by atoms with Crippen LogP contribution in [0.15, 0.2) is 97.1 Å². The number of nitriles is 1. The lowest BCUT2D eigenvalue weighted by Gasteiger charge is -2.40. The van der Waals surface area contributed by atoms with Crippen LogP contribution in [0.1, 0.15) is 44.7 Å². The van der Waals surface area contributed by atoms with Crippen molar-refractivity contribution in [2.75, 3.05) is 13.1 Å². The van der Waals surface area contributed by atoms with Gasteiger partial charge in [0.1, 0.15) is 11.6 Å². The Bertz CT molecular complexity index is 1680. The number of amides is 2. The SMILES string of the molecule is N#Cc1cccc(C(=O)NNOC(=O)C2(c3ccc(F)cc3)CCN(C(=O)c3ccc(-c4ccc(F)cc4)cc3)CC2)c1. The molecule has 1 heterocycles. The first-order valence-corrected chi connectivity index (χ1v) is 13.5. The highest BCUT2D eigenvalue weighted by molar-refractivity contribution is 5.95. The number of rotatable bonds is 7. The summed E-state index contributed by atoms with van der Waals surface area (Å²) in [6, 6.07) is 26.5. The summed E-state index contributed by atoms with van der Waals surface area (Å²) in [6.07, 6.45) is 0.382. The van der Waals surface area contributed by atoms with Gasteiger partial charge in [-0.15, -0.1) is 0 Å². The van der Waals surface area contributed by atoms with Crippen molar-refractivity contribution in [3.05, 3.63) is 131 Å². The van der Waals surface area contributed by atoms with E-state index in [0.717, 1.165) is 11.1 Å². The highest BCUT2D eigenvalue weighted by Gasteiger charge is 2.45. The fourth-order valence-corrected chi connectivity index (χ4v) is 5.12. The van der Waals surface area contributed by atoms with Crippen molar-refractivity contribution >= 4 is 17.8 Å². The van der Waals surface area contributed by atoms with Crippen molar-refractivity contribution in [1.29, 1.82) is 5.26 Å². The Morgan fingerprint density at radius 3 is 1.98 bits per heavy atom. The zero-order valence-corrected chi connectivity index (χ0v) is 22.8. The van der Waals surface area contributed by atoms with Crippen molar-refractivity contribution in [3.63, 3.8) is 0 Å². The lowest BCUT2D eigenvalue weighted by atomic mass is 9.72. The summed E-state index contributed by atoms with van der Waals surface area (Å²) in [7, 11) is 0. The molecule has 0 aromatic heterocycles. The monoisotopic (exact) mass is 580 g/mol. The van der Waals surface area contributed by atoms with Crippen LogP contribution in [0.3, 0.4) is 0 Å². The minimum Gasteiger partial charge on any atom is -0.350 e. The van der Waals surface area contributed by atoms with E-state index in [0.29, 0.717) is 16.7 Å². The molecule has 0 saturated carbocycles. The molecule has 0 atom stereocenters. The van der Waals surface area contributed by atoms with Crippen LogP contribution in [0.2, 0.25) is 0 Å². The van der Waals surface area contributed by atoms with E-state index in [4.69, 9.17) is 10.1 Å². The van der Waals surface area contributed by atoms with Gasteiger partial charge in [0.15, 0.2) is 0 Å². The molecule has 1 fully saturated rings. The van der Waals surface area contributed by atoms with E-state index in [1.165, 1.54) is 48.5 Å². The first kappa shape index (κ1) is 29.1. The van der Waals surface area contributed by atoms with Gasteiger partial charge in [-0.1, -0.05) is 48.1 Å². The van der Waals surface area contributed by atoms with Gasteiger partial charge in [0.05, 0.1) is 17.0 Å². The van der Waals surface area contributed by atoms with Crippen molar-refractivity contribution in [2.45, 2.75) is 18.3 Å². The van der Waals surface area contributed by atoms with E-state index >= 15 is 0 Å². The summed E-state index contributed by atoms with van der Waals surface area (Å²) in [5, 5.41) is 9.04. The molecular formula is C33H26F2N4O4. The number of halogens is 2. The summed E-state index contributed by atoms with van der Waals surface area (Å²) in [6.45, 7) is 0.441. The summed E-state index contributed by atoms with van der Waals surface area (Å²) in [5.74, 6) is -2.33. The number of carbonyl (C=O) groups excluding carboxylic acids is 3. The molecule has 0 unspecified atom stereocenters. The molecule has 4 aromatic carbocycles. The number of likely N-dealkylation sites (tertiary alicyclic amines) is 1. The summed E-state index contributed by atoms with van der Waals surface area (Å²) in [5.41, 5.74) is 6.39. The molecule has 2 amide bonds. The van der Waals surface area contributed by atoms with Crippen LogP contribution >= 0.6 is 0 Å². The molecule has 216 valence electrons. The van der Waals surface area contributed by atoms with Gasteiger partial charge in [-0.25, -0.2) is 13.6 Å². The minimum absolute atomic E-state index is 0.188. The van der Waals surface area contributed by atoms with Crippen LogP contribution in [-0.2, 0) is 15.0 Å². The standard InChI is InChI=1S/C33H26F2N4O4/c34-28-12-8-24(9-13-28)23-4-6-25(7-5-23)31(41)39-18-16-33(17-19-39,27-10-14-29(35)15-11-27)32(42)43-38-37-30(40)26-3-1-2-22(20-26)21-36/h1-15,20,38H,16-19H2,(H,37,40). The molecule has 4 aromatic rings. The van der Waals surface area contributed by atoms with E-state index in [-0.39, 0.29) is 43.2 Å².